The van der Waals surface area contributed by atoms with E-state index in [4.69, 9.17) is 9.47 Å². The Morgan fingerprint density at radius 3 is 2.44 bits per heavy atom. The Labute approximate surface area is 200 Å². The first kappa shape index (κ1) is 23.8. The third-order valence-corrected chi connectivity index (χ3v) is 7.40. The third kappa shape index (κ3) is 5.08. The van der Waals surface area contributed by atoms with Gasteiger partial charge in [0.15, 0.2) is 11.5 Å². The van der Waals surface area contributed by atoms with Crippen molar-refractivity contribution < 1.29 is 22.7 Å². The summed E-state index contributed by atoms with van der Waals surface area (Å²) < 4.78 is 38.6. The molecule has 1 heterocycles. The van der Waals surface area contributed by atoms with Gasteiger partial charge in [0, 0.05) is 24.3 Å². The van der Waals surface area contributed by atoms with Gasteiger partial charge in [-0.25, -0.2) is 13.1 Å². The number of ether oxygens (including phenoxy) is 2. The number of hydrogen-bond acceptors (Lipinski definition) is 5. The van der Waals surface area contributed by atoms with Crippen molar-refractivity contribution in [1.29, 1.82) is 0 Å². The Balaban J connectivity index is 1.41. The molecule has 1 aliphatic rings. The fourth-order valence-corrected chi connectivity index (χ4v) is 5.16. The van der Waals surface area contributed by atoms with E-state index < -0.39 is 10.0 Å². The molecule has 3 aromatic carbocycles. The lowest BCUT2D eigenvalue weighted by molar-refractivity contribution is 0.0985. The number of rotatable bonds is 8. The van der Waals surface area contributed by atoms with Crippen molar-refractivity contribution in [3.8, 4) is 11.5 Å². The number of aryl methyl sites for hydroxylation is 1. The second kappa shape index (κ2) is 10.3. The van der Waals surface area contributed by atoms with Gasteiger partial charge in [0.2, 0.25) is 10.0 Å². The van der Waals surface area contributed by atoms with Gasteiger partial charge < -0.3 is 14.4 Å². The van der Waals surface area contributed by atoms with Crippen LogP contribution >= 0.6 is 0 Å². The van der Waals surface area contributed by atoms with Crippen LogP contribution in [-0.2, 0) is 22.9 Å². The quantitative estimate of drug-likeness (QED) is 0.530. The highest BCUT2D eigenvalue weighted by Crippen LogP contribution is 2.29. The number of hydrogen-bond donors (Lipinski definition) is 1. The minimum atomic E-state index is -3.71. The highest BCUT2D eigenvalue weighted by molar-refractivity contribution is 7.89. The molecule has 8 heteroatoms. The van der Waals surface area contributed by atoms with E-state index >= 15 is 0 Å². The first-order valence-electron chi connectivity index (χ1n) is 11.1. The van der Waals surface area contributed by atoms with Crippen molar-refractivity contribution in [1.82, 2.24) is 4.72 Å². The lowest BCUT2D eigenvalue weighted by atomic mass is 10.0. The van der Waals surface area contributed by atoms with Crippen molar-refractivity contribution in [2.75, 3.05) is 32.2 Å². The van der Waals surface area contributed by atoms with E-state index in [-0.39, 0.29) is 17.3 Å². The van der Waals surface area contributed by atoms with Gasteiger partial charge in [0.1, 0.15) is 0 Å². The fraction of sp³-hybridized carbons (Fsp3) is 0.269. The zero-order valence-corrected chi connectivity index (χ0v) is 20.1. The SMILES string of the molecule is COc1ccc(CCNS(=O)(=O)c2ccc(C(=O)N3CCCc4ccccc43)cc2)cc1OC. The van der Waals surface area contributed by atoms with Crippen molar-refractivity contribution >= 4 is 21.6 Å². The molecule has 34 heavy (non-hydrogen) atoms. The number of sulfonamides is 1. The van der Waals surface area contributed by atoms with Crippen molar-refractivity contribution in [2.24, 2.45) is 0 Å². The van der Waals surface area contributed by atoms with E-state index in [2.05, 4.69) is 4.72 Å². The molecule has 0 saturated carbocycles. The number of nitrogens with one attached hydrogen (secondary N) is 1. The van der Waals surface area contributed by atoms with Crippen LogP contribution in [0.1, 0.15) is 27.9 Å². The summed E-state index contributed by atoms with van der Waals surface area (Å²) in [5.41, 5.74) is 3.45. The molecule has 0 unspecified atom stereocenters. The summed E-state index contributed by atoms with van der Waals surface area (Å²) >= 11 is 0. The molecule has 7 nitrogen and oxygen atoms in total. The topological polar surface area (TPSA) is 84.9 Å². The van der Waals surface area contributed by atoms with Gasteiger partial charge in [-0.2, -0.15) is 0 Å². The minimum absolute atomic E-state index is 0.121. The van der Waals surface area contributed by atoms with Crippen molar-refractivity contribution in [3.63, 3.8) is 0 Å². The maximum absolute atomic E-state index is 13.1. The molecule has 0 fully saturated rings. The number of amides is 1. The second-order valence-corrected chi connectivity index (χ2v) is 9.82. The zero-order chi connectivity index (χ0) is 24.1. The van der Waals surface area contributed by atoms with Crippen LogP contribution in [-0.4, -0.2) is 41.6 Å². The molecule has 0 saturated heterocycles. The van der Waals surface area contributed by atoms with Crippen LogP contribution in [0.2, 0.25) is 0 Å². The van der Waals surface area contributed by atoms with Gasteiger partial charge in [0.25, 0.3) is 5.91 Å². The summed E-state index contributed by atoms with van der Waals surface area (Å²) in [7, 11) is -0.582. The summed E-state index contributed by atoms with van der Waals surface area (Å²) in [6, 6.07) is 19.5. The van der Waals surface area contributed by atoms with E-state index in [0.29, 0.717) is 30.0 Å². The molecule has 0 aromatic heterocycles. The average Bonchev–Trinajstić information content (AvgIpc) is 2.87. The van der Waals surface area contributed by atoms with Gasteiger partial charge in [0.05, 0.1) is 19.1 Å². The molecule has 1 aliphatic heterocycles. The molecule has 0 bridgehead atoms. The summed E-state index contributed by atoms with van der Waals surface area (Å²) in [6.07, 6.45) is 2.34. The predicted molar refractivity (Wildman–Crippen MR) is 131 cm³/mol. The van der Waals surface area contributed by atoms with E-state index in [1.54, 1.807) is 37.3 Å². The summed E-state index contributed by atoms with van der Waals surface area (Å²) in [5.74, 6) is 1.09. The molecule has 0 atom stereocenters. The Morgan fingerprint density at radius 1 is 0.971 bits per heavy atom. The number of anilines is 1. The standard InChI is InChI=1S/C26H28N2O5S/c1-32-24-14-9-19(18-25(24)33-2)15-16-27-34(30,31)22-12-10-21(11-13-22)26(29)28-17-5-7-20-6-3-4-8-23(20)28/h3-4,6,8-14,18,27H,5,7,15-17H2,1-2H3. The highest BCUT2D eigenvalue weighted by Gasteiger charge is 2.24. The van der Waals surface area contributed by atoms with Crippen LogP contribution in [0.15, 0.2) is 71.6 Å². The van der Waals surface area contributed by atoms with E-state index in [9.17, 15) is 13.2 Å². The average molecular weight is 481 g/mol. The third-order valence-electron chi connectivity index (χ3n) is 5.92. The van der Waals surface area contributed by atoms with Crippen molar-refractivity contribution in [3.05, 3.63) is 83.4 Å². The Morgan fingerprint density at radius 2 is 1.71 bits per heavy atom. The number of fused-ring (bicyclic) bond motifs is 1. The number of benzene rings is 3. The monoisotopic (exact) mass is 480 g/mol. The van der Waals surface area contributed by atoms with Gasteiger partial charge in [-0.15, -0.1) is 0 Å². The summed E-state index contributed by atoms with van der Waals surface area (Å²) in [6.45, 7) is 0.872. The van der Waals surface area contributed by atoms with Crippen LogP contribution in [0, 0.1) is 0 Å². The van der Waals surface area contributed by atoms with Crippen LogP contribution in [0.25, 0.3) is 0 Å². The maximum Gasteiger partial charge on any atom is 0.258 e. The largest absolute Gasteiger partial charge is 0.493 e. The molecule has 178 valence electrons. The van der Waals surface area contributed by atoms with E-state index in [0.717, 1.165) is 29.7 Å². The normalized spacial score (nSPS) is 13.3. The van der Waals surface area contributed by atoms with Crippen molar-refractivity contribution in [2.45, 2.75) is 24.2 Å². The van der Waals surface area contributed by atoms with Crippen LogP contribution < -0.4 is 19.1 Å². The van der Waals surface area contributed by atoms with Crippen LogP contribution in [0.4, 0.5) is 5.69 Å². The molecule has 0 spiro atoms. The Hall–Kier alpha value is -3.36. The van der Waals surface area contributed by atoms with Gasteiger partial charge >= 0.3 is 0 Å². The van der Waals surface area contributed by atoms with E-state index in [1.807, 2.05) is 36.4 Å². The molecular formula is C26H28N2O5S. The first-order valence-corrected chi connectivity index (χ1v) is 12.6. The number of carbonyl (C=O) groups excluding carboxylic acids is 1. The number of methoxy groups -OCH3 is 2. The number of carbonyl (C=O) groups is 1. The molecule has 0 aliphatic carbocycles. The molecular weight excluding hydrogens is 452 g/mol. The highest BCUT2D eigenvalue weighted by atomic mass is 32.2. The fourth-order valence-electron chi connectivity index (χ4n) is 4.13. The zero-order valence-electron chi connectivity index (χ0n) is 19.3. The minimum Gasteiger partial charge on any atom is -0.493 e. The lowest BCUT2D eigenvalue weighted by Crippen LogP contribution is -2.35. The predicted octanol–water partition coefficient (Wildman–Crippen LogP) is 3.82. The molecule has 1 amide bonds. The Kier molecular flexibility index (Phi) is 7.19. The maximum atomic E-state index is 13.1. The van der Waals surface area contributed by atoms with Gasteiger partial charge in [-0.05, 0) is 72.9 Å². The molecule has 3 aromatic rings. The number of para-hydroxylation sites is 1. The lowest BCUT2D eigenvalue weighted by Gasteiger charge is -2.29. The van der Waals surface area contributed by atoms with Crippen LogP contribution in [0.3, 0.4) is 0 Å². The van der Waals surface area contributed by atoms with Gasteiger partial charge in [-0.1, -0.05) is 24.3 Å². The first-order chi connectivity index (χ1) is 16.4. The van der Waals surface area contributed by atoms with E-state index in [1.165, 1.54) is 12.1 Å². The smallest absolute Gasteiger partial charge is 0.258 e. The van der Waals surface area contributed by atoms with Gasteiger partial charge in [-0.3, -0.25) is 4.79 Å². The second-order valence-electron chi connectivity index (χ2n) is 8.05. The summed E-state index contributed by atoms with van der Waals surface area (Å²) in [5, 5.41) is 0. The molecule has 4 rings (SSSR count). The van der Waals surface area contributed by atoms with Crippen LogP contribution in [0.5, 0.6) is 11.5 Å². The molecule has 0 radical (unpaired) electrons. The number of nitrogens with zero attached hydrogens (tertiary/aromatic N) is 1. The Bertz CT molecular complexity index is 1270. The molecule has 1 N–H and O–H groups in total. The summed E-state index contributed by atoms with van der Waals surface area (Å²) in [4.78, 5) is 15.0.